The molecule has 2 N–H and O–H groups in total. The van der Waals surface area contributed by atoms with Crippen LogP contribution >= 0.6 is 22.9 Å². The van der Waals surface area contributed by atoms with E-state index in [9.17, 15) is 9.59 Å². The van der Waals surface area contributed by atoms with Crippen molar-refractivity contribution in [3.8, 4) is 0 Å². The number of rotatable bonds is 4. The van der Waals surface area contributed by atoms with Crippen LogP contribution in [0.2, 0.25) is 5.02 Å². The van der Waals surface area contributed by atoms with Crippen molar-refractivity contribution in [3.63, 3.8) is 0 Å². The second-order valence-corrected chi connectivity index (χ2v) is 5.28. The number of hydrogen-bond donors (Lipinski definition) is 2. The van der Waals surface area contributed by atoms with Gasteiger partial charge in [-0.1, -0.05) is 29.8 Å². The summed E-state index contributed by atoms with van der Waals surface area (Å²) in [5, 5.41) is 9.49. The largest absolute Gasteiger partial charge is 0.344 e. The van der Waals surface area contributed by atoms with E-state index in [2.05, 4.69) is 10.6 Å². The lowest BCUT2D eigenvalue weighted by Crippen LogP contribution is -2.39. The van der Waals surface area contributed by atoms with Gasteiger partial charge in [0.25, 0.3) is 0 Å². The molecule has 2 amide bonds. The molecule has 4 nitrogen and oxygen atoms in total. The maximum Gasteiger partial charge on any atom is 0.309 e. The first-order chi connectivity index (χ1) is 9.66. The van der Waals surface area contributed by atoms with Crippen molar-refractivity contribution in [2.45, 2.75) is 13.1 Å². The molecular formula is C14H13ClN2O2S. The smallest absolute Gasteiger partial charge is 0.309 e. The Bertz CT molecular complexity index is 599. The summed E-state index contributed by atoms with van der Waals surface area (Å²) < 4.78 is 0. The molecule has 0 aliphatic heterocycles. The quantitative estimate of drug-likeness (QED) is 0.852. The van der Waals surface area contributed by atoms with E-state index in [0.29, 0.717) is 11.6 Å². The van der Waals surface area contributed by atoms with Crippen LogP contribution in [0.3, 0.4) is 0 Å². The molecule has 2 rings (SSSR count). The zero-order chi connectivity index (χ0) is 14.4. The van der Waals surface area contributed by atoms with Crippen LogP contribution in [0.25, 0.3) is 0 Å². The zero-order valence-electron chi connectivity index (χ0n) is 10.6. The zero-order valence-corrected chi connectivity index (χ0v) is 12.1. The van der Waals surface area contributed by atoms with E-state index in [1.807, 2.05) is 22.9 Å². The average molecular weight is 309 g/mol. The number of carbonyl (C=O) groups excluding carboxylic acids is 2. The van der Waals surface area contributed by atoms with E-state index in [4.69, 9.17) is 11.6 Å². The molecular weight excluding hydrogens is 296 g/mol. The Kier molecular flexibility index (Phi) is 5.15. The molecule has 20 heavy (non-hydrogen) atoms. The van der Waals surface area contributed by atoms with E-state index >= 15 is 0 Å². The summed E-state index contributed by atoms with van der Waals surface area (Å²) in [4.78, 5) is 23.2. The maximum atomic E-state index is 11.6. The highest BCUT2D eigenvalue weighted by atomic mass is 35.5. The van der Waals surface area contributed by atoms with Gasteiger partial charge in [-0.25, -0.2) is 0 Å². The molecule has 0 bridgehead atoms. The third-order valence-electron chi connectivity index (χ3n) is 2.64. The van der Waals surface area contributed by atoms with E-state index in [1.165, 1.54) is 0 Å². The molecule has 1 aromatic heterocycles. The monoisotopic (exact) mass is 308 g/mol. The first-order valence-electron chi connectivity index (χ1n) is 5.97. The number of amides is 2. The minimum Gasteiger partial charge on any atom is -0.344 e. The van der Waals surface area contributed by atoms with E-state index in [-0.39, 0.29) is 6.54 Å². The van der Waals surface area contributed by atoms with Crippen LogP contribution < -0.4 is 10.6 Å². The minimum absolute atomic E-state index is 0.227. The van der Waals surface area contributed by atoms with Gasteiger partial charge in [0.05, 0.1) is 0 Å². The van der Waals surface area contributed by atoms with Crippen molar-refractivity contribution in [3.05, 3.63) is 57.2 Å². The molecule has 2 aromatic rings. The van der Waals surface area contributed by atoms with Gasteiger partial charge in [0.15, 0.2) is 0 Å². The van der Waals surface area contributed by atoms with Gasteiger partial charge in [-0.2, -0.15) is 11.3 Å². The van der Waals surface area contributed by atoms with E-state index in [0.717, 1.165) is 11.1 Å². The second-order valence-electron chi connectivity index (χ2n) is 4.09. The maximum absolute atomic E-state index is 11.6. The molecule has 0 saturated heterocycles. The van der Waals surface area contributed by atoms with Gasteiger partial charge in [-0.15, -0.1) is 0 Å². The van der Waals surface area contributed by atoms with Gasteiger partial charge in [0.1, 0.15) is 0 Å². The average Bonchev–Trinajstić information content (AvgIpc) is 2.97. The van der Waals surface area contributed by atoms with Gasteiger partial charge >= 0.3 is 11.8 Å². The fourth-order valence-corrected chi connectivity index (χ4v) is 2.42. The third kappa shape index (κ3) is 4.08. The highest BCUT2D eigenvalue weighted by molar-refractivity contribution is 7.07. The summed E-state index contributed by atoms with van der Waals surface area (Å²) in [7, 11) is 0. The second kappa shape index (κ2) is 7.07. The predicted molar refractivity (Wildman–Crippen MR) is 79.5 cm³/mol. The van der Waals surface area contributed by atoms with Gasteiger partial charge in [-0.05, 0) is 34.0 Å². The van der Waals surface area contributed by atoms with Gasteiger partial charge in [-0.3, -0.25) is 9.59 Å². The highest BCUT2D eigenvalue weighted by Crippen LogP contribution is 2.14. The van der Waals surface area contributed by atoms with Crippen molar-refractivity contribution >= 4 is 34.8 Å². The topological polar surface area (TPSA) is 58.2 Å². The van der Waals surface area contributed by atoms with Crippen molar-refractivity contribution in [1.29, 1.82) is 0 Å². The lowest BCUT2D eigenvalue weighted by atomic mass is 10.2. The Balaban J connectivity index is 1.79. The molecule has 0 aliphatic carbocycles. The standard InChI is InChI=1S/C14H13ClN2O2S/c15-12-4-2-1-3-11(12)8-17-14(19)13(18)16-7-10-5-6-20-9-10/h1-6,9H,7-8H2,(H,16,18)(H,17,19). The highest BCUT2D eigenvalue weighted by Gasteiger charge is 2.13. The molecule has 0 aliphatic rings. The number of nitrogens with one attached hydrogen (secondary N) is 2. The molecule has 0 radical (unpaired) electrons. The SMILES string of the molecule is O=C(NCc1ccsc1)C(=O)NCc1ccccc1Cl. The number of hydrogen-bond acceptors (Lipinski definition) is 3. The third-order valence-corrected chi connectivity index (χ3v) is 3.74. The molecule has 0 fully saturated rings. The van der Waals surface area contributed by atoms with Crippen LogP contribution in [-0.4, -0.2) is 11.8 Å². The first-order valence-corrected chi connectivity index (χ1v) is 7.29. The number of carbonyl (C=O) groups is 2. The lowest BCUT2D eigenvalue weighted by molar-refractivity contribution is -0.139. The van der Waals surface area contributed by atoms with Crippen LogP contribution in [0.15, 0.2) is 41.1 Å². The number of halogens is 1. The molecule has 1 heterocycles. The van der Waals surface area contributed by atoms with Crippen molar-refractivity contribution in [2.24, 2.45) is 0 Å². The molecule has 0 unspecified atom stereocenters. The van der Waals surface area contributed by atoms with Crippen molar-refractivity contribution < 1.29 is 9.59 Å². The Morgan fingerprint density at radius 3 is 2.40 bits per heavy atom. The van der Waals surface area contributed by atoms with Crippen LogP contribution in [-0.2, 0) is 22.7 Å². The number of benzene rings is 1. The normalized spacial score (nSPS) is 10.1. The molecule has 6 heteroatoms. The summed E-state index contributed by atoms with van der Waals surface area (Å²) in [5.41, 5.74) is 1.75. The molecule has 0 atom stereocenters. The summed E-state index contributed by atoms with van der Waals surface area (Å²) in [5.74, 6) is -1.32. The Morgan fingerprint density at radius 1 is 1.05 bits per heavy atom. The molecule has 0 saturated carbocycles. The van der Waals surface area contributed by atoms with E-state index < -0.39 is 11.8 Å². The first kappa shape index (κ1) is 14.6. The summed E-state index contributed by atoms with van der Waals surface area (Å²) >= 11 is 7.51. The Labute approximate surface area is 125 Å². The summed E-state index contributed by atoms with van der Waals surface area (Å²) in [6, 6.07) is 9.06. The Morgan fingerprint density at radius 2 is 1.75 bits per heavy atom. The van der Waals surface area contributed by atoms with Gasteiger partial charge < -0.3 is 10.6 Å². The van der Waals surface area contributed by atoms with Gasteiger partial charge in [0.2, 0.25) is 0 Å². The van der Waals surface area contributed by atoms with Crippen LogP contribution in [0.4, 0.5) is 0 Å². The molecule has 0 spiro atoms. The minimum atomic E-state index is -0.667. The number of thiophene rings is 1. The van der Waals surface area contributed by atoms with Crippen molar-refractivity contribution in [1.82, 2.24) is 10.6 Å². The lowest BCUT2D eigenvalue weighted by Gasteiger charge is -2.07. The fraction of sp³-hybridized carbons (Fsp3) is 0.143. The predicted octanol–water partition coefficient (Wildman–Crippen LogP) is 2.33. The fourth-order valence-electron chi connectivity index (χ4n) is 1.55. The van der Waals surface area contributed by atoms with Crippen LogP contribution in [0.5, 0.6) is 0 Å². The molecule has 104 valence electrons. The van der Waals surface area contributed by atoms with Crippen LogP contribution in [0, 0.1) is 0 Å². The summed E-state index contributed by atoms with van der Waals surface area (Å²) in [6.45, 7) is 0.576. The van der Waals surface area contributed by atoms with E-state index in [1.54, 1.807) is 29.5 Å². The van der Waals surface area contributed by atoms with Crippen LogP contribution in [0.1, 0.15) is 11.1 Å². The molecule has 1 aromatic carbocycles. The Hall–Kier alpha value is -1.85. The van der Waals surface area contributed by atoms with Crippen molar-refractivity contribution in [2.75, 3.05) is 0 Å². The summed E-state index contributed by atoms with van der Waals surface area (Å²) in [6.07, 6.45) is 0. The van der Waals surface area contributed by atoms with Gasteiger partial charge in [0, 0.05) is 18.1 Å².